The fraction of sp³-hybridized carbons (Fsp3) is 0.500. The van der Waals surface area contributed by atoms with E-state index in [0.717, 1.165) is 11.3 Å². The lowest BCUT2D eigenvalue weighted by Gasteiger charge is -2.31. The fourth-order valence-corrected chi connectivity index (χ4v) is 1.63. The number of nitrogen functional groups attached to an aromatic ring is 1. The van der Waals surface area contributed by atoms with Crippen LogP contribution in [0.5, 0.6) is 0 Å². The third kappa shape index (κ3) is 2.87. The molecule has 16 heavy (non-hydrogen) atoms. The van der Waals surface area contributed by atoms with Crippen molar-refractivity contribution in [1.82, 2.24) is 0 Å². The average molecular weight is 224 g/mol. The van der Waals surface area contributed by atoms with E-state index in [1.165, 1.54) is 0 Å². The topological polar surface area (TPSA) is 78.5 Å². The highest BCUT2D eigenvalue weighted by Crippen LogP contribution is 2.21. The first-order valence-corrected chi connectivity index (χ1v) is 5.42. The molecule has 4 nitrogen and oxygen atoms in total. The molecule has 0 spiro atoms. The van der Waals surface area contributed by atoms with E-state index in [1.807, 2.05) is 26.0 Å². The molecule has 0 atom stereocenters. The van der Waals surface area contributed by atoms with E-state index in [9.17, 15) is 10.2 Å². The van der Waals surface area contributed by atoms with Crippen molar-refractivity contribution in [2.24, 2.45) is 0 Å². The van der Waals surface area contributed by atoms with E-state index in [4.69, 9.17) is 5.73 Å². The monoisotopic (exact) mass is 224 g/mol. The summed E-state index contributed by atoms with van der Waals surface area (Å²) in [6.45, 7) is 3.63. The van der Waals surface area contributed by atoms with Gasteiger partial charge in [0.15, 0.2) is 0 Å². The summed E-state index contributed by atoms with van der Waals surface area (Å²) in [4.78, 5) is 0. The molecular weight excluding hydrogens is 204 g/mol. The Hall–Kier alpha value is -1.26. The second kappa shape index (κ2) is 5.18. The number of aliphatic hydroxyl groups is 2. The van der Waals surface area contributed by atoms with Crippen molar-refractivity contribution in [3.8, 4) is 0 Å². The molecule has 0 radical (unpaired) electrons. The minimum absolute atomic E-state index is 0.117. The van der Waals surface area contributed by atoms with Crippen LogP contribution in [-0.4, -0.2) is 29.0 Å². The molecule has 0 aliphatic carbocycles. The van der Waals surface area contributed by atoms with Crippen LogP contribution in [0.15, 0.2) is 18.2 Å². The second-order valence-corrected chi connectivity index (χ2v) is 4.21. The predicted molar refractivity (Wildman–Crippen MR) is 66.4 cm³/mol. The summed E-state index contributed by atoms with van der Waals surface area (Å²) in [6, 6.07) is 5.60. The van der Waals surface area contributed by atoms with E-state index in [-0.39, 0.29) is 13.2 Å². The molecule has 0 aliphatic rings. The van der Waals surface area contributed by atoms with E-state index >= 15 is 0 Å². The van der Waals surface area contributed by atoms with E-state index in [0.29, 0.717) is 12.1 Å². The van der Waals surface area contributed by atoms with Crippen molar-refractivity contribution in [1.29, 1.82) is 0 Å². The van der Waals surface area contributed by atoms with Gasteiger partial charge < -0.3 is 21.3 Å². The molecule has 0 unspecified atom stereocenters. The Morgan fingerprint density at radius 3 is 2.31 bits per heavy atom. The van der Waals surface area contributed by atoms with Crippen LogP contribution in [0.3, 0.4) is 0 Å². The third-order valence-corrected chi connectivity index (χ3v) is 2.79. The largest absolute Gasteiger partial charge is 0.399 e. The maximum Gasteiger partial charge on any atom is 0.0832 e. The van der Waals surface area contributed by atoms with Crippen LogP contribution in [-0.2, 0) is 0 Å². The summed E-state index contributed by atoms with van der Waals surface area (Å²) >= 11 is 0. The van der Waals surface area contributed by atoms with E-state index in [2.05, 4.69) is 5.32 Å². The number of hydrogen-bond donors (Lipinski definition) is 4. The number of hydrogen-bond acceptors (Lipinski definition) is 4. The van der Waals surface area contributed by atoms with Crippen molar-refractivity contribution in [2.45, 2.75) is 25.8 Å². The van der Waals surface area contributed by atoms with Gasteiger partial charge in [-0.15, -0.1) is 0 Å². The summed E-state index contributed by atoms with van der Waals surface area (Å²) in [7, 11) is 0. The number of nitrogens with two attached hydrogens (primary N) is 1. The van der Waals surface area contributed by atoms with Gasteiger partial charge in [-0.1, -0.05) is 6.92 Å². The lowest BCUT2D eigenvalue weighted by molar-refractivity contribution is 0.132. The molecule has 0 bridgehead atoms. The van der Waals surface area contributed by atoms with Gasteiger partial charge in [0, 0.05) is 11.4 Å². The highest BCUT2D eigenvalue weighted by molar-refractivity contribution is 5.57. The highest BCUT2D eigenvalue weighted by Gasteiger charge is 2.26. The van der Waals surface area contributed by atoms with Crippen LogP contribution in [0.4, 0.5) is 11.4 Å². The minimum Gasteiger partial charge on any atom is -0.399 e. The molecule has 0 saturated carbocycles. The van der Waals surface area contributed by atoms with E-state index in [1.54, 1.807) is 6.07 Å². The van der Waals surface area contributed by atoms with Crippen molar-refractivity contribution >= 4 is 11.4 Å². The zero-order valence-corrected chi connectivity index (χ0v) is 9.83. The number of benzene rings is 1. The summed E-state index contributed by atoms with van der Waals surface area (Å²) in [5, 5.41) is 21.8. The Morgan fingerprint density at radius 1 is 1.25 bits per heavy atom. The van der Waals surface area contributed by atoms with Crippen molar-refractivity contribution < 1.29 is 10.2 Å². The van der Waals surface area contributed by atoms with Crippen LogP contribution in [0.25, 0.3) is 0 Å². The number of rotatable bonds is 5. The van der Waals surface area contributed by atoms with Gasteiger partial charge in [-0.3, -0.25) is 0 Å². The van der Waals surface area contributed by atoms with E-state index < -0.39 is 5.54 Å². The minimum atomic E-state index is -0.680. The first-order chi connectivity index (χ1) is 7.55. The molecule has 1 rings (SSSR count). The number of anilines is 2. The second-order valence-electron chi connectivity index (χ2n) is 4.21. The Balaban J connectivity index is 2.93. The lowest BCUT2D eigenvalue weighted by Crippen LogP contribution is -2.45. The van der Waals surface area contributed by atoms with Crippen molar-refractivity contribution in [3.05, 3.63) is 23.8 Å². The lowest BCUT2D eigenvalue weighted by atomic mass is 9.97. The Labute approximate surface area is 96.1 Å². The molecular formula is C12H20N2O2. The quantitative estimate of drug-likeness (QED) is 0.565. The summed E-state index contributed by atoms with van der Waals surface area (Å²) in [5.74, 6) is 0. The molecule has 1 aromatic rings. The molecule has 0 aliphatic heterocycles. The zero-order valence-electron chi connectivity index (χ0n) is 9.83. The van der Waals surface area contributed by atoms with Gasteiger partial charge in [0.1, 0.15) is 0 Å². The SMILES string of the molecule is CCC(CO)(CO)Nc1cc(C)cc(N)c1. The molecule has 0 fully saturated rings. The van der Waals surface area contributed by atoms with Gasteiger partial charge in [0.2, 0.25) is 0 Å². The molecule has 0 aromatic heterocycles. The molecule has 5 N–H and O–H groups in total. The van der Waals surface area contributed by atoms with Crippen LogP contribution in [0.1, 0.15) is 18.9 Å². The normalized spacial score (nSPS) is 11.5. The smallest absolute Gasteiger partial charge is 0.0832 e. The van der Waals surface area contributed by atoms with Crippen LogP contribution in [0, 0.1) is 6.92 Å². The molecule has 90 valence electrons. The van der Waals surface area contributed by atoms with Gasteiger partial charge in [0.05, 0.1) is 18.8 Å². The summed E-state index contributed by atoms with van der Waals surface area (Å²) in [5.41, 5.74) is 7.59. The third-order valence-electron chi connectivity index (χ3n) is 2.79. The van der Waals surface area contributed by atoms with Gasteiger partial charge in [-0.05, 0) is 37.1 Å². The van der Waals surface area contributed by atoms with Crippen LogP contribution in [0.2, 0.25) is 0 Å². The van der Waals surface area contributed by atoms with Crippen LogP contribution >= 0.6 is 0 Å². The molecule has 0 saturated heterocycles. The van der Waals surface area contributed by atoms with Gasteiger partial charge in [-0.25, -0.2) is 0 Å². The Kier molecular flexibility index (Phi) is 4.15. The molecule has 0 amide bonds. The summed E-state index contributed by atoms with van der Waals surface area (Å²) in [6.07, 6.45) is 0.633. The number of aliphatic hydroxyl groups excluding tert-OH is 2. The van der Waals surface area contributed by atoms with Gasteiger partial charge >= 0.3 is 0 Å². The Bertz CT molecular complexity index is 320. The zero-order chi connectivity index (χ0) is 12.2. The molecule has 0 heterocycles. The van der Waals surface area contributed by atoms with Crippen molar-refractivity contribution in [3.63, 3.8) is 0 Å². The molecule has 4 heteroatoms. The van der Waals surface area contributed by atoms with Gasteiger partial charge in [0.25, 0.3) is 0 Å². The number of nitrogens with one attached hydrogen (secondary N) is 1. The highest BCUT2D eigenvalue weighted by atomic mass is 16.3. The standard InChI is InChI=1S/C12H20N2O2/c1-3-12(7-15,8-16)14-11-5-9(2)4-10(13)6-11/h4-6,14-16H,3,7-8,13H2,1-2H3. The predicted octanol–water partition coefficient (Wildman–Crippen LogP) is 1.12. The summed E-state index contributed by atoms with van der Waals surface area (Å²) < 4.78 is 0. The van der Waals surface area contributed by atoms with Gasteiger partial charge in [-0.2, -0.15) is 0 Å². The fourth-order valence-electron chi connectivity index (χ4n) is 1.63. The number of aryl methyl sites for hydroxylation is 1. The molecule has 1 aromatic carbocycles. The van der Waals surface area contributed by atoms with Crippen molar-refractivity contribution in [2.75, 3.05) is 24.3 Å². The maximum atomic E-state index is 9.32. The van der Waals surface area contributed by atoms with Crippen LogP contribution < -0.4 is 11.1 Å². The maximum absolute atomic E-state index is 9.32. The first kappa shape index (κ1) is 12.8. The average Bonchev–Trinajstić information content (AvgIpc) is 2.25. The Morgan fingerprint density at radius 2 is 1.88 bits per heavy atom. The first-order valence-electron chi connectivity index (χ1n) is 5.42.